The Balaban J connectivity index is 1.77. The number of amides is 1. The van der Waals surface area contributed by atoms with Crippen molar-refractivity contribution in [2.45, 2.75) is 43.7 Å². The van der Waals surface area contributed by atoms with Crippen LogP contribution in [0.25, 0.3) is 0 Å². The number of aliphatic hydroxyl groups excluding tert-OH is 1. The van der Waals surface area contributed by atoms with Crippen molar-refractivity contribution in [1.82, 2.24) is 9.62 Å². The maximum atomic E-state index is 13.5. The van der Waals surface area contributed by atoms with Gasteiger partial charge >= 0.3 is 6.09 Å². The van der Waals surface area contributed by atoms with Gasteiger partial charge in [0.25, 0.3) is 0 Å². The van der Waals surface area contributed by atoms with Gasteiger partial charge < -0.3 is 35.5 Å². The van der Waals surface area contributed by atoms with Crippen LogP contribution in [0.2, 0.25) is 0 Å². The number of fused-ring (bicyclic) bond motifs is 1. The fourth-order valence-electron chi connectivity index (χ4n) is 3.89. The first-order chi connectivity index (χ1) is 17.6. The second kappa shape index (κ2) is 13.0. The predicted molar refractivity (Wildman–Crippen MR) is 136 cm³/mol. The van der Waals surface area contributed by atoms with E-state index in [-0.39, 0.29) is 37.1 Å². The Hall–Kier alpha value is -3.06. The Morgan fingerprint density at radius 3 is 2.49 bits per heavy atom. The van der Waals surface area contributed by atoms with Gasteiger partial charge in [-0.2, -0.15) is 4.31 Å². The van der Waals surface area contributed by atoms with E-state index < -0.39 is 28.3 Å². The van der Waals surface area contributed by atoms with Crippen LogP contribution < -0.4 is 25.3 Å². The molecule has 1 amide bonds. The maximum absolute atomic E-state index is 13.5. The highest BCUT2D eigenvalue weighted by Crippen LogP contribution is 2.34. The van der Waals surface area contributed by atoms with E-state index in [4.69, 9.17) is 19.9 Å². The van der Waals surface area contributed by atoms with E-state index in [2.05, 4.69) is 5.32 Å². The van der Waals surface area contributed by atoms with Crippen LogP contribution in [-0.2, 0) is 16.4 Å². The van der Waals surface area contributed by atoms with Crippen LogP contribution >= 0.6 is 0 Å². The average molecular weight is 538 g/mol. The molecule has 0 spiro atoms. The lowest BCUT2D eigenvalue weighted by molar-refractivity contribution is 0.0980. The minimum atomic E-state index is -4.03. The lowest BCUT2D eigenvalue weighted by Gasteiger charge is -2.30. The monoisotopic (exact) mass is 537 g/mol. The number of benzene rings is 2. The van der Waals surface area contributed by atoms with E-state index in [1.165, 1.54) is 22.5 Å². The SMILES string of the molecule is CC(C)CN(C[C@H](O)[C@H](Cc1ccc(OCCCN)cc1)NC(=O)O)S(=O)(=O)c1ccc2c(c1)OCO2. The summed E-state index contributed by atoms with van der Waals surface area (Å²) in [6, 6.07) is 10.4. The molecule has 1 aliphatic rings. The van der Waals surface area contributed by atoms with Crippen molar-refractivity contribution >= 4 is 16.1 Å². The Kier molecular flexibility index (Phi) is 9.98. The number of aliphatic hydroxyl groups is 1. The summed E-state index contributed by atoms with van der Waals surface area (Å²) in [6.45, 7) is 4.56. The van der Waals surface area contributed by atoms with Gasteiger partial charge in [-0.1, -0.05) is 26.0 Å². The molecule has 2 aromatic rings. The topological polar surface area (TPSA) is 161 Å². The molecule has 3 rings (SSSR count). The minimum absolute atomic E-state index is 0.00225. The maximum Gasteiger partial charge on any atom is 0.404 e. The summed E-state index contributed by atoms with van der Waals surface area (Å²) in [5, 5.41) is 22.8. The quantitative estimate of drug-likeness (QED) is 0.264. The summed E-state index contributed by atoms with van der Waals surface area (Å²) in [5.41, 5.74) is 6.22. The summed E-state index contributed by atoms with van der Waals surface area (Å²) in [4.78, 5) is 11.5. The summed E-state index contributed by atoms with van der Waals surface area (Å²) in [7, 11) is -4.03. The number of ether oxygens (including phenoxy) is 3. The molecule has 11 nitrogen and oxygen atoms in total. The molecule has 12 heteroatoms. The van der Waals surface area contributed by atoms with Crippen LogP contribution in [0.1, 0.15) is 25.8 Å². The summed E-state index contributed by atoms with van der Waals surface area (Å²) >= 11 is 0. The van der Waals surface area contributed by atoms with E-state index >= 15 is 0 Å². The Morgan fingerprint density at radius 2 is 1.84 bits per heavy atom. The number of hydrogen-bond donors (Lipinski definition) is 4. The Labute approximate surface area is 217 Å². The summed E-state index contributed by atoms with van der Waals surface area (Å²) < 4.78 is 44.4. The van der Waals surface area contributed by atoms with Crippen LogP contribution in [0.3, 0.4) is 0 Å². The standard InChI is InChI=1S/C25H35N3O8S/c1-17(2)14-28(37(32,33)20-8-9-23-24(13-20)36-16-35-23)15-22(29)21(27-25(30)31)12-18-4-6-19(7-5-18)34-11-3-10-26/h4-9,13,17,21-22,27,29H,3,10-12,14-16,26H2,1-2H3,(H,30,31)/t21-,22-/m0/s1. The van der Waals surface area contributed by atoms with Gasteiger partial charge in [0.15, 0.2) is 11.5 Å². The fraction of sp³-hybridized carbons (Fsp3) is 0.480. The first kappa shape index (κ1) is 28.5. The third kappa shape index (κ3) is 7.96. The molecule has 0 bridgehead atoms. The molecular formula is C25H35N3O8S. The predicted octanol–water partition coefficient (Wildman–Crippen LogP) is 2.03. The third-order valence-corrected chi connectivity index (χ3v) is 7.54. The van der Waals surface area contributed by atoms with Crippen molar-refractivity contribution in [3.63, 3.8) is 0 Å². The molecule has 0 saturated carbocycles. The van der Waals surface area contributed by atoms with Gasteiger partial charge in [0.05, 0.1) is 23.6 Å². The zero-order chi connectivity index (χ0) is 27.0. The van der Waals surface area contributed by atoms with Crippen LogP contribution in [0.4, 0.5) is 4.79 Å². The molecule has 0 saturated heterocycles. The number of nitrogens with one attached hydrogen (secondary N) is 1. The first-order valence-electron chi connectivity index (χ1n) is 12.1. The molecule has 5 N–H and O–H groups in total. The minimum Gasteiger partial charge on any atom is -0.494 e. The van der Waals surface area contributed by atoms with Gasteiger partial charge in [-0.15, -0.1) is 0 Å². The zero-order valence-electron chi connectivity index (χ0n) is 21.0. The van der Waals surface area contributed by atoms with Crippen molar-refractivity contribution in [3.05, 3.63) is 48.0 Å². The van der Waals surface area contributed by atoms with Crippen LogP contribution in [-0.4, -0.2) is 74.2 Å². The molecule has 0 aliphatic carbocycles. The van der Waals surface area contributed by atoms with Crippen LogP contribution in [0.15, 0.2) is 47.4 Å². The fourth-order valence-corrected chi connectivity index (χ4v) is 5.53. The zero-order valence-corrected chi connectivity index (χ0v) is 21.8. The number of nitrogens with zero attached hydrogens (tertiary/aromatic N) is 1. The lowest BCUT2D eigenvalue weighted by Crippen LogP contribution is -2.50. The highest BCUT2D eigenvalue weighted by Gasteiger charge is 2.32. The molecular weight excluding hydrogens is 502 g/mol. The molecule has 0 unspecified atom stereocenters. The van der Waals surface area contributed by atoms with E-state index in [0.29, 0.717) is 30.4 Å². The van der Waals surface area contributed by atoms with Crippen molar-refractivity contribution < 1.29 is 37.6 Å². The van der Waals surface area contributed by atoms with Crippen molar-refractivity contribution in [2.24, 2.45) is 11.7 Å². The highest BCUT2D eigenvalue weighted by atomic mass is 32.2. The molecule has 0 aromatic heterocycles. The smallest absolute Gasteiger partial charge is 0.404 e. The Bertz CT molecular complexity index is 1140. The van der Waals surface area contributed by atoms with E-state index in [9.17, 15) is 23.4 Å². The molecule has 204 valence electrons. The van der Waals surface area contributed by atoms with E-state index in [1.54, 1.807) is 24.3 Å². The van der Waals surface area contributed by atoms with Crippen molar-refractivity contribution in [2.75, 3.05) is 33.0 Å². The summed E-state index contributed by atoms with van der Waals surface area (Å²) in [5.74, 6) is 1.38. The number of sulfonamides is 1. The van der Waals surface area contributed by atoms with Crippen molar-refractivity contribution in [3.8, 4) is 17.2 Å². The Morgan fingerprint density at radius 1 is 1.14 bits per heavy atom. The second-order valence-electron chi connectivity index (χ2n) is 9.19. The highest BCUT2D eigenvalue weighted by molar-refractivity contribution is 7.89. The average Bonchev–Trinajstić information content (AvgIpc) is 3.32. The van der Waals surface area contributed by atoms with Gasteiger partial charge in [-0.3, -0.25) is 0 Å². The van der Waals surface area contributed by atoms with Gasteiger partial charge in [-0.25, -0.2) is 13.2 Å². The van der Waals surface area contributed by atoms with Gasteiger partial charge in [-0.05, 0) is 55.1 Å². The molecule has 37 heavy (non-hydrogen) atoms. The van der Waals surface area contributed by atoms with Gasteiger partial charge in [0, 0.05) is 19.2 Å². The molecule has 0 fully saturated rings. The largest absolute Gasteiger partial charge is 0.494 e. The van der Waals surface area contributed by atoms with Gasteiger partial charge in [0.1, 0.15) is 5.75 Å². The lowest BCUT2D eigenvalue weighted by atomic mass is 10.0. The number of carbonyl (C=O) groups is 1. The van der Waals surface area contributed by atoms with Gasteiger partial charge in [0.2, 0.25) is 16.8 Å². The van der Waals surface area contributed by atoms with E-state index in [1.807, 2.05) is 13.8 Å². The molecule has 1 aliphatic heterocycles. The summed E-state index contributed by atoms with van der Waals surface area (Å²) in [6.07, 6.45) is -1.77. The normalized spacial score (nSPS) is 14.5. The number of hydrogen-bond acceptors (Lipinski definition) is 8. The number of rotatable bonds is 14. The number of nitrogens with two attached hydrogens (primary N) is 1. The van der Waals surface area contributed by atoms with Crippen LogP contribution in [0, 0.1) is 5.92 Å². The van der Waals surface area contributed by atoms with E-state index in [0.717, 1.165) is 12.0 Å². The molecule has 2 atom stereocenters. The molecule has 2 aromatic carbocycles. The van der Waals surface area contributed by atoms with Crippen LogP contribution in [0.5, 0.6) is 17.2 Å². The molecule has 0 radical (unpaired) electrons. The molecule has 1 heterocycles. The number of carboxylic acid groups (broad SMARTS) is 1. The third-order valence-electron chi connectivity index (χ3n) is 5.71. The second-order valence-corrected chi connectivity index (χ2v) is 11.1. The van der Waals surface area contributed by atoms with Crippen molar-refractivity contribution in [1.29, 1.82) is 0 Å². The first-order valence-corrected chi connectivity index (χ1v) is 13.5.